The van der Waals surface area contributed by atoms with Gasteiger partial charge in [-0.1, -0.05) is 6.07 Å². The van der Waals surface area contributed by atoms with E-state index < -0.39 is 5.97 Å². The quantitative estimate of drug-likeness (QED) is 0.453. The molecule has 0 bridgehead atoms. The molecular weight excluding hydrogens is 232 g/mol. The summed E-state index contributed by atoms with van der Waals surface area (Å²) in [7, 11) is 0. The number of amides is 1. The number of nitrogens with two attached hydrogens (primary N) is 2. The minimum absolute atomic E-state index is 0.278. The molecule has 4 N–H and O–H groups in total. The number of carbonyl (C=O) groups excluding carboxylic acids is 2. The fourth-order valence-electron chi connectivity index (χ4n) is 1.42. The molecule has 0 aromatic heterocycles. The highest BCUT2D eigenvalue weighted by molar-refractivity contribution is 5.90. The van der Waals surface area contributed by atoms with Crippen LogP contribution in [0.3, 0.4) is 0 Å². The van der Waals surface area contributed by atoms with Crippen LogP contribution in [0.5, 0.6) is 0 Å². The molecule has 0 aliphatic heterocycles. The lowest BCUT2D eigenvalue weighted by atomic mass is 10.1. The summed E-state index contributed by atoms with van der Waals surface area (Å²) in [6.45, 7) is 2.15. The van der Waals surface area contributed by atoms with Gasteiger partial charge in [-0.25, -0.2) is 4.79 Å². The van der Waals surface area contributed by atoms with E-state index in [1.54, 1.807) is 18.2 Å². The van der Waals surface area contributed by atoms with Gasteiger partial charge in [0.2, 0.25) is 5.91 Å². The fourth-order valence-corrected chi connectivity index (χ4v) is 1.42. The second kappa shape index (κ2) is 6.64. The second-order valence-corrected chi connectivity index (χ2v) is 4.13. The highest BCUT2D eigenvalue weighted by Crippen LogP contribution is 2.13. The van der Waals surface area contributed by atoms with Crippen LogP contribution in [0.15, 0.2) is 18.2 Å². The molecule has 18 heavy (non-hydrogen) atoms. The van der Waals surface area contributed by atoms with Crippen molar-refractivity contribution in [2.24, 2.45) is 5.73 Å². The van der Waals surface area contributed by atoms with E-state index in [0.29, 0.717) is 30.5 Å². The predicted molar refractivity (Wildman–Crippen MR) is 68.9 cm³/mol. The van der Waals surface area contributed by atoms with Gasteiger partial charge in [-0.05, 0) is 37.5 Å². The lowest BCUT2D eigenvalue weighted by molar-refractivity contribution is -0.118. The van der Waals surface area contributed by atoms with Crippen LogP contribution in [0.1, 0.15) is 35.2 Å². The number of benzene rings is 1. The summed E-state index contributed by atoms with van der Waals surface area (Å²) in [5.41, 5.74) is 12.6. The van der Waals surface area contributed by atoms with Crippen LogP contribution in [0.4, 0.5) is 5.69 Å². The number of esters is 1. The number of rotatable bonds is 6. The first-order chi connectivity index (χ1) is 8.50. The van der Waals surface area contributed by atoms with Gasteiger partial charge in [-0.3, -0.25) is 4.79 Å². The molecule has 1 rings (SSSR count). The van der Waals surface area contributed by atoms with E-state index >= 15 is 0 Å². The minimum atomic E-state index is -0.402. The molecule has 0 heterocycles. The molecule has 0 fully saturated rings. The molecule has 5 heteroatoms. The Kier molecular flexibility index (Phi) is 5.17. The van der Waals surface area contributed by atoms with Crippen LogP contribution < -0.4 is 11.5 Å². The topological polar surface area (TPSA) is 95.4 Å². The third-order valence-electron chi connectivity index (χ3n) is 2.57. The second-order valence-electron chi connectivity index (χ2n) is 4.13. The van der Waals surface area contributed by atoms with Crippen molar-refractivity contribution in [3.63, 3.8) is 0 Å². The van der Waals surface area contributed by atoms with Crippen LogP contribution in [-0.2, 0) is 9.53 Å². The van der Waals surface area contributed by atoms with E-state index in [0.717, 1.165) is 5.56 Å². The number of primary amides is 1. The Balaban J connectivity index is 2.36. The number of unbranched alkanes of at least 4 members (excludes halogenated alkanes) is 1. The summed E-state index contributed by atoms with van der Waals surface area (Å²) in [6, 6.07) is 5.05. The van der Waals surface area contributed by atoms with Crippen molar-refractivity contribution in [1.82, 2.24) is 0 Å². The Morgan fingerprint density at radius 3 is 2.61 bits per heavy atom. The molecule has 0 aliphatic carbocycles. The number of carbonyl (C=O) groups is 2. The number of ether oxygens (including phenoxy) is 1. The molecule has 0 radical (unpaired) electrons. The summed E-state index contributed by atoms with van der Waals surface area (Å²) in [4.78, 5) is 22.1. The fraction of sp³-hybridized carbons (Fsp3) is 0.385. The van der Waals surface area contributed by atoms with Crippen LogP contribution in [-0.4, -0.2) is 18.5 Å². The highest BCUT2D eigenvalue weighted by Gasteiger charge is 2.08. The summed E-state index contributed by atoms with van der Waals surface area (Å²) < 4.78 is 5.06. The van der Waals surface area contributed by atoms with Crippen molar-refractivity contribution in [1.29, 1.82) is 0 Å². The summed E-state index contributed by atoms with van der Waals surface area (Å²) >= 11 is 0. The first-order valence-corrected chi connectivity index (χ1v) is 5.82. The molecule has 1 amide bonds. The van der Waals surface area contributed by atoms with Crippen molar-refractivity contribution in [2.45, 2.75) is 26.2 Å². The van der Waals surface area contributed by atoms with Gasteiger partial charge in [-0.2, -0.15) is 0 Å². The summed E-state index contributed by atoms with van der Waals surface area (Å²) in [6.07, 6.45) is 1.56. The van der Waals surface area contributed by atoms with E-state index in [1.165, 1.54) is 0 Å². The average Bonchev–Trinajstić information content (AvgIpc) is 2.31. The maximum atomic E-state index is 11.6. The molecule has 0 saturated carbocycles. The molecule has 0 atom stereocenters. The zero-order chi connectivity index (χ0) is 13.5. The number of nitrogen functional groups attached to an aromatic ring is 1. The van der Waals surface area contributed by atoms with Crippen LogP contribution in [0.2, 0.25) is 0 Å². The van der Waals surface area contributed by atoms with Crippen molar-refractivity contribution < 1.29 is 14.3 Å². The van der Waals surface area contributed by atoms with Gasteiger partial charge < -0.3 is 16.2 Å². The van der Waals surface area contributed by atoms with E-state index in [9.17, 15) is 9.59 Å². The number of hydrogen-bond donors (Lipinski definition) is 2. The van der Waals surface area contributed by atoms with Crippen LogP contribution in [0.25, 0.3) is 0 Å². The monoisotopic (exact) mass is 250 g/mol. The van der Waals surface area contributed by atoms with E-state index in [-0.39, 0.29) is 12.5 Å². The molecular formula is C13H18N2O3. The lowest BCUT2D eigenvalue weighted by Gasteiger charge is -2.06. The molecule has 0 unspecified atom stereocenters. The Labute approximate surface area is 106 Å². The molecule has 1 aromatic carbocycles. The summed E-state index contributed by atoms with van der Waals surface area (Å²) in [5.74, 6) is -0.742. The SMILES string of the molecule is Cc1ccc(C(=O)OCCCCC(N)=O)cc1N. The molecule has 1 aromatic rings. The average molecular weight is 250 g/mol. The Hall–Kier alpha value is -2.04. The highest BCUT2D eigenvalue weighted by atomic mass is 16.5. The zero-order valence-corrected chi connectivity index (χ0v) is 10.4. The molecule has 5 nitrogen and oxygen atoms in total. The van der Waals surface area contributed by atoms with Crippen molar-refractivity contribution in [2.75, 3.05) is 12.3 Å². The Morgan fingerprint density at radius 2 is 2.00 bits per heavy atom. The normalized spacial score (nSPS) is 10.1. The van der Waals surface area contributed by atoms with Gasteiger partial charge in [0, 0.05) is 12.1 Å². The smallest absolute Gasteiger partial charge is 0.338 e. The first kappa shape index (κ1) is 14.0. The Bertz CT molecular complexity index is 444. The molecule has 0 aliphatic rings. The predicted octanol–water partition coefficient (Wildman–Crippen LogP) is 1.39. The zero-order valence-electron chi connectivity index (χ0n) is 10.4. The van der Waals surface area contributed by atoms with Crippen molar-refractivity contribution in [3.05, 3.63) is 29.3 Å². The maximum absolute atomic E-state index is 11.6. The molecule has 0 spiro atoms. The van der Waals surface area contributed by atoms with Gasteiger partial charge >= 0.3 is 5.97 Å². The van der Waals surface area contributed by atoms with Crippen LogP contribution in [0, 0.1) is 6.92 Å². The maximum Gasteiger partial charge on any atom is 0.338 e. The van der Waals surface area contributed by atoms with E-state index in [2.05, 4.69) is 0 Å². The van der Waals surface area contributed by atoms with Gasteiger partial charge in [0.25, 0.3) is 0 Å². The van der Waals surface area contributed by atoms with E-state index in [4.69, 9.17) is 16.2 Å². The number of hydrogen-bond acceptors (Lipinski definition) is 4. The molecule has 98 valence electrons. The van der Waals surface area contributed by atoms with E-state index in [1.807, 2.05) is 6.92 Å². The van der Waals surface area contributed by atoms with Crippen molar-refractivity contribution in [3.8, 4) is 0 Å². The third-order valence-corrected chi connectivity index (χ3v) is 2.57. The molecule has 0 saturated heterocycles. The van der Waals surface area contributed by atoms with Crippen LogP contribution >= 0.6 is 0 Å². The Morgan fingerprint density at radius 1 is 1.28 bits per heavy atom. The standard InChI is InChI=1S/C13H18N2O3/c1-9-5-6-10(8-11(9)14)13(17)18-7-3-2-4-12(15)16/h5-6,8H,2-4,7,14H2,1H3,(H2,15,16). The first-order valence-electron chi connectivity index (χ1n) is 5.82. The van der Waals surface area contributed by atoms with Gasteiger partial charge in [-0.15, -0.1) is 0 Å². The summed E-state index contributed by atoms with van der Waals surface area (Å²) in [5, 5.41) is 0. The van der Waals surface area contributed by atoms with Gasteiger partial charge in [0.1, 0.15) is 0 Å². The van der Waals surface area contributed by atoms with Gasteiger partial charge in [0.05, 0.1) is 12.2 Å². The van der Waals surface area contributed by atoms with Gasteiger partial charge in [0.15, 0.2) is 0 Å². The largest absolute Gasteiger partial charge is 0.462 e. The lowest BCUT2D eigenvalue weighted by Crippen LogP contribution is -2.11. The number of aryl methyl sites for hydroxylation is 1. The third kappa shape index (κ3) is 4.45. The number of anilines is 1. The van der Waals surface area contributed by atoms with Crippen molar-refractivity contribution >= 4 is 17.6 Å². The minimum Gasteiger partial charge on any atom is -0.462 e.